The van der Waals surface area contributed by atoms with Crippen molar-refractivity contribution in [3.05, 3.63) is 29.0 Å². The summed E-state index contributed by atoms with van der Waals surface area (Å²) in [6.07, 6.45) is 1.69. The highest BCUT2D eigenvalue weighted by molar-refractivity contribution is 6.29. The molecule has 0 spiro atoms. The van der Waals surface area contributed by atoms with E-state index in [1.165, 1.54) is 0 Å². The van der Waals surface area contributed by atoms with E-state index in [-0.39, 0.29) is 17.9 Å². The van der Waals surface area contributed by atoms with E-state index in [2.05, 4.69) is 4.98 Å². The van der Waals surface area contributed by atoms with Crippen molar-refractivity contribution in [2.24, 2.45) is 11.7 Å². The van der Waals surface area contributed by atoms with Crippen LogP contribution in [0.5, 0.6) is 0 Å². The lowest BCUT2D eigenvalue weighted by Gasteiger charge is -2.30. The first-order valence-electron chi connectivity index (χ1n) is 6.49. The average molecular weight is 284 g/mol. The van der Waals surface area contributed by atoms with Crippen molar-refractivity contribution in [2.75, 3.05) is 0 Å². The molecule has 0 saturated heterocycles. The summed E-state index contributed by atoms with van der Waals surface area (Å²) < 4.78 is 0. The number of carbonyl (C=O) groups excluding carboxylic acids is 1. The Morgan fingerprint density at radius 3 is 2.42 bits per heavy atom. The monoisotopic (exact) mass is 283 g/mol. The van der Waals surface area contributed by atoms with Crippen LogP contribution in [0, 0.1) is 5.92 Å². The van der Waals surface area contributed by atoms with Crippen LogP contribution < -0.4 is 5.73 Å². The average Bonchev–Trinajstić information content (AvgIpc) is 2.35. The molecule has 1 aromatic rings. The predicted octanol–water partition coefficient (Wildman–Crippen LogP) is 2.46. The minimum absolute atomic E-state index is 0.0278. The largest absolute Gasteiger partial charge is 0.335 e. The molecule has 0 aliphatic carbocycles. The van der Waals surface area contributed by atoms with E-state index in [1.807, 2.05) is 33.8 Å². The second kappa shape index (κ2) is 6.87. The van der Waals surface area contributed by atoms with Gasteiger partial charge < -0.3 is 10.6 Å². The molecule has 2 N–H and O–H groups in total. The molecule has 19 heavy (non-hydrogen) atoms. The van der Waals surface area contributed by atoms with Crippen molar-refractivity contribution in [1.82, 2.24) is 9.88 Å². The number of hydrogen-bond acceptors (Lipinski definition) is 3. The van der Waals surface area contributed by atoms with Crippen LogP contribution in [-0.2, 0) is 11.3 Å². The van der Waals surface area contributed by atoms with Crippen LogP contribution >= 0.6 is 11.6 Å². The van der Waals surface area contributed by atoms with Gasteiger partial charge in [0.15, 0.2) is 0 Å². The van der Waals surface area contributed by atoms with E-state index in [0.717, 1.165) is 5.56 Å². The molecule has 0 radical (unpaired) electrons. The molecule has 0 bridgehead atoms. The summed E-state index contributed by atoms with van der Waals surface area (Å²) >= 11 is 5.75. The highest BCUT2D eigenvalue weighted by Crippen LogP contribution is 2.13. The zero-order valence-electron chi connectivity index (χ0n) is 11.9. The molecule has 1 heterocycles. The lowest BCUT2D eigenvalue weighted by atomic mass is 10.0. The zero-order valence-corrected chi connectivity index (χ0v) is 12.7. The Labute approximate surface area is 120 Å². The quantitative estimate of drug-likeness (QED) is 0.845. The molecule has 106 valence electrons. The molecule has 0 aliphatic heterocycles. The normalized spacial score (nSPS) is 12.8. The maximum Gasteiger partial charge on any atom is 0.240 e. The van der Waals surface area contributed by atoms with E-state index in [0.29, 0.717) is 11.7 Å². The lowest BCUT2D eigenvalue weighted by Crippen LogP contribution is -2.48. The topological polar surface area (TPSA) is 59.2 Å². The Hall–Kier alpha value is -1.13. The number of aromatic nitrogens is 1. The van der Waals surface area contributed by atoms with Crippen LogP contribution in [0.3, 0.4) is 0 Å². The van der Waals surface area contributed by atoms with Gasteiger partial charge in [0.05, 0.1) is 6.04 Å². The van der Waals surface area contributed by atoms with Gasteiger partial charge in [-0.05, 0) is 31.4 Å². The molecule has 0 unspecified atom stereocenters. The van der Waals surface area contributed by atoms with Gasteiger partial charge in [-0.15, -0.1) is 0 Å². The lowest BCUT2D eigenvalue weighted by molar-refractivity contribution is -0.136. The SMILES string of the molecule is CC(C)[C@H](N)C(=O)N(Cc1ccc(Cl)nc1)C(C)C. The molecule has 0 saturated carbocycles. The number of rotatable bonds is 5. The number of amides is 1. The van der Waals surface area contributed by atoms with Crippen molar-refractivity contribution < 1.29 is 4.79 Å². The van der Waals surface area contributed by atoms with Gasteiger partial charge in [0.25, 0.3) is 0 Å². The first-order valence-corrected chi connectivity index (χ1v) is 6.87. The minimum atomic E-state index is -0.470. The summed E-state index contributed by atoms with van der Waals surface area (Å²) in [5.41, 5.74) is 6.90. The summed E-state index contributed by atoms with van der Waals surface area (Å²) in [5, 5.41) is 0.449. The number of pyridine rings is 1. The van der Waals surface area contributed by atoms with Crippen LogP contribution in [-0.4, -0.2) is 27.9 Å². The van der Waals surface area contributed by atoms with Crippen molar-refractivity contribution >= 4 is 17.5 Å². The van der Waals surface area contributed by atoms with Crippen LogP contribution in [0.4, 0.5) is 0 Å². The van der Waals surface area contributed by atoms with Crippen molar-refractivity contribution in [3.63, 3.8) is 0 Å². The number of halogens is 1. The Balaban J connectivity index is 2.84. The molecular formula is C14H22ClN3O. The van der Waals surface area contributed by atoms with Crippen LogP contribution in [0.15, 0.2) is 18.3 Å². The fourth-order valence-electron chi connectivity index (χ4n) is 1.69. The van der Waals surface area contributed by atoms with Crippen molar-refractivity contribution in [3.8, 4) is 0 Å². The van der Waals surface area contributed by atoms with E-state index in [1.54, 1.807) is 17.2 Å². The third-order valence-corrected chi connectivity index (χ3v) is 3.27. The van der Waals surface area contributed by atoms with Gasteiger partial charge in [0, 0.05) is 18.8 Å². The third-order valence-electron chi connectivity index (χ3n) is 3.05. The first-order chi connectivity index (χ1) is 8.82. The summed E-state index contributed by atoms with van der Waals surface area (Å²) in [5.74, 6) is 0.0945. The van der Waals surface area contributed by atoms with E-state index in [4.69, 9.17) is 17.3 Å². The molecular weight excluding hydrogens is 262 g/mol. The van der Waals surface area contributed by atoms with Gasteiger partial charge in [-0.3, -0.25) is 4.79 Å². The predicted molar refractivity (Wildman–Crippen MR) is 77.7 cm³/mol. The fraction of sp³-hybridized carbons (Fsp3) is 0.571. The molecule has 0 aromatic carbocycles. The fourth-order valence-corrected chi connectivity index (χ4v) is 1.80. The van der Waals surface area contributed by atoms with Gasteiger partial charge in [0.2, 0.25) is 5.91 Å². The molecule has 0 fully saturated rings. The maximum absolute atomic E-state index is 12.4. The van der Waals surface area contributed by atoms with Gasteiger partial charge in [-0.2, -0.15) is 0 Å². The summed E-state index contributed by atoms with van der Waals surface area (Å²) in [6.45, 7) is 8.36. The first kappa shape index (κ1) is 15.9. The Morgan fingerprint density at radius 2 is 2.00 bits per heavy atom. The standard InChI is InChI=1S/C14H22ClN3O/c1-9(2)13(16)14(19)18(10(3)4)8-11-5-6-12(15)17-7-11/h5-7,9-10,13H,8,16H2,1-4H3/t13-/m0/s1. The smallest absolute Gasteiger partial charge is 0.240 e. The molecule has 0 aliphatic rings. The van der Waals surface area contributed by atoms with Gasteiger partial charge >= 0.3 is 0 Å². The van der Waals surface area contributed by atoms with Crippen molar-refractivity contribution in [2.45, 2.75) is 46.3 Å². The molecule has 1 rings (SSSR count). The molecule has 1 aromatic heterocycles. The summed E-state index contributed by atoms with van der Waals surface area (Å²) in [4.78, 5) is 18.2. The highest BCUT2D eigenvalue weighted by atomic mass is 35.5. The van der Waals surface area contributed by atoms with Crippen LogP contribution in [0.2, 0.25) is 5.15 Å². The van der Waals surface area contributed by atoms with E-state index < -0.39 is 6.04 Å². The van der Waals surface area contributed by atoms with Gasteiger partial charge in [-0.1, -0.05) is 31.5 Å². The van der Waals surface area contributed by atoms with Gasteiger partial charge in [0.1, 0.15) is 5.15 Å². The number of hydrogen-bond donors (Lipinski definition) is 1. The van der Waals surface area contributed by atoms with Gasteiger partial charge in [-0.25, -0.2) is 4.98 Å². The summed E-state index contributed by atoms with van der Waals surface area (Å²) in [6, 6.07) is 3.22. The second-order valence-corrected chi connectivity index (χ2v) is 5.71. The Morgan fingerprint density at radius 1 is 1.37 bits per heavy atom. The zero-order chi connectivity index (χ0) is 14.6. The number of carbonyl (C=O) groups is 1. The number of nitrogens with two attached hydrogens (primary N) is 1. The molecule has 5 heteroatoms. The van der Waals surface area contributed by atoms with Crippen LogP contribution in [0.1, 0.15) is 33.3 Å². The van der Waals surface area contributed by atoms with E-state index >= 15 is 0 Å². The number of nitrogens with zero attached hydrogens (tertiary/aromatic N) is 2. The summed E-state index contributed by atoms with van der Waals surface area (Å²) in [7, 11) is 0. The molecule has 1 atom stereocenters. The Kier molecular flexibility index (Phi) is 5.76. The third kappa shape index (κ3) is 4.48. The van der Waals surface area contributed by atoms with Crippen LogP contribution in [0.25, 0.3) is 0 Å². The molecule has 1 amide bonds. The second-order valence-electron chi connectivity index (χ2n) is 5.32. The Bertz CT molecular complexity index is 417. The van der Waals surface area contributed by atoms with E-state index in [9.17, 15) is 4.79 Å². The minimum Gasteiger partial charge on any atom is -0.335 e. The highest BCUT2D eigenvalue weighted by Gasteiger charge is 2.25. The van der Waals surface area contributed by atoms with Crippen molar-refractivity contribution in [1.29, 1.82) is 0 Å². The molecule has 4 nitrogen and oxygen atoms in total. The maximum atomic E-state index is 12.4.